The number of aromatic hydroxyl groups is 1. The molecule has 0 saturated heterocycles. The van der Waals surface area contributed by atoms with Gasteiger partial charge in [-0.15, -0.1) is 0 Å². The first-order valence-corrected chi connectivity index (χ1v) is 4.06. The first kappa shape index (κ1) is 10.3. The average Bonchev–Trinajstić information content (AvgIpc) is 2.19. The Morgan fingerprint density at radius 1 is 1.57 bits per heavy atom. The molecule has 0 radical (unpaired) electrons. The highest BCUT2D eigenvalue weighted by Gasteiger charge is 2.02. The van der Waals surface area contributed by atoms with E-state index >= 15 is 0 Å². The fourth-order valence-corrected chi connectivity index (χ4v) is 0.931. The van der Waals surface area contributed by atoms with Crippen molar-refractivity contribution in [2.75, 3.05) is 7.05 Å². The molecule has 4 nitrogen and oxygen atoms in total. The van der Waals surface area contributed by atoms with E-state index in [0.29, 0.717) is 5.56 Å². The second kappa shape index (κ2) is 4.45. The van der Waals surface area contributed by atoms with Crippen LogP contribution < -0.4 is 10.6 Å². The number of hydrogen-bond acceptors (Lipinski definition) is 2. The maximum atomic E-state index is 12.8. The van der Waals surface area contributed by atoms with Gasteiger partial charge in [-0.25, -0.2) is 9.18 Å². The summed E-state index contributed by atoms with van der Waals surface area (Å²) >= 11 is 0. The maximum absolute atomic E-state index is 12.8. The molecule has 3 N–H and O–H groups in total. The van der Waals surface area contributed by atoms with Crippen LogP contribution in [0.3, 0.4) is 0 Å². The number of rotatable bonds is 2. The normalized spacial score (nSPS) is 9.57. The smallest absolute Gasteiger partial charge is 0.314 e. The molecule has 0 aliphatic rings. The number of carbonyl (C=O) groups is 1. The fraction of sp³-hybridized carbons (Fsp3) is 0.222. The Balaban J connectivity index is 2.60. The van der Waals surface area contributed by atoms with Crippen molar-refractivity contribution >= 4 is 6.03 Å². The lowest BCUT2D eigenvalue weighted by atomic mass is 10.2. The highest BCUT2D eigenvalue weighted by molar-refractivity contribution is 5.73. The summed E-state index contributed by atoms with van der Waals surface area (Å²) in [5, 5.41) is 13.8. The molecule has 0 aromatic heterocycles. The maximum Gasteiger partial charge on any atom is 0.314 e. The molecule has 0 atom stereocenters. The molecule has 0 spiro atoms. The van der Waals surface area contributed by atoms with E-state index < -0.39 is 11.6 Å². The highest BCUT2D eigenvalue weighted by atomic mass is 19.1. The monoisotopic (exact) mass is 198 g/mol. The van der Waals surface area contributed by atoms with Crippen LogP contribution in [0, 0.1) is 5.82 Å². The fourth-order valence-electron chi connectivity index (χ4n) is 0.931. The minimum atomic E-state index is -0.693. The largest absolute Gasteiger partial charge is 0.505 e. The van der Waals surface area contributed by atoms with Crippen molar-refractivity contribution in [1.82, 2.24) is 10.6 Å². The second-order valence-electron chi connectivity index (χ2n) is 2.72. The molecule has 14 heavy (non-hydrogen) atoms. The number of benzene rings is 1. The summed E-state index contributed by atoms with van der Waals surface area (Å²) in [7, 11) is 1.49. The molecule has 76 valence electrons. The first-order chi connectivity index (χ1) is 6.63. The summed E-state index contributed by atoms with van der Waals surface area (Å²) in [5.41, 5.74) is 0.587. The van der Waals surface area contributed by atoms with Crippen molar-refractivity contribution in [3.05, 3.63) is 29.6 Å². The molecule has 1 rings (SSSR count). The number of phenolic OH excluding ortho intramolecular Hbond substituents is 1. The van der Waals surface area contributed by atoms with Gasteiger partial charge in [0.15, 0.2) is 11.6 Å². The van der Waals surface area contributed by atoms with Gasteiger partial charge in [0.25, 0.3) is 0 Å². The van der Waals surface area contributed by atoms with Crippen molar-refractivity contribution in [3.63, 3.8) is 0 Å². The van der Waals surface area contributed by atoms with Gasteiger partial charge in [0.05, 0.1) is 0 Å². The third kappa shape index (κ3) is 2.62. The predicted molar refractivity (Wildman–Crippen MR) is 49.4 cm³/mol. The predicted octanol–water partition coefficient (Wildman–Crippen LogP) is 0.960. The Morgan fingerprint density at radius 3 is 2.86 bits per heavy atom. The van der Waals surface area contributed by atoms with E-state index in [-0.39, 0.29) is 12.6 Å². The molecule has 1 aromatic carbocycles. The molecule has 0 saturated carbocycles. The number of nitrogens with one attached hydrogen (secondary N) is 2. The molecule has 0 aliphatic carbocycles. The summed E-state index contributed by atoms with van der Waals surface area (Å²) in [5.74, 6) is -1.09. The average molecular weight is 198 g/mol. The standard InChI is InChI=1S/C9H11FN2O2/c1-11-9(14)12-5-6-2-3-8(13)7(10)4-6/h2-4,13H,5H2,1H3,(H2,11,12,14). The Hall–Kier alpha value is -1.78. The molecule has 1 aromatic rings. The van der Waals surface area contributed by atoms with Crippen LogP contribution in [0.1, 0.15) is 5.56 Å². The number of hydrogen-bond donors (Lipinski definition) is 3. The molecule has 0 bridgehead atoms. The number of urea groups is 1. The third-order valence-corrected chi connectivity index (χ3v) is 1.69. The summed E-state index contributed by atoms with van der Waals surface area (Å²) in [6, 6.07) is 3.62. The lowest BCUT2D eigenvalue weighted by Crippen LogP contribution is -2.32. The molecule has 0 heterocycles. The zero-order valence-corrected chi connectivity index (χ0v) is 7.67. The zero-order chi connectivity index (χ0) is 10.6. The van der Waals surface area contributed by atoms with Gasteiger partial charge in [0.2, 0.25) is 0 Å². The van der Waals surface area contributed by atoms with Gasteiger partial charge in [0, 0.05) is 13.6 Å². The number of amides is 2. The number of phenols is 1. The van der Waals surface area contributed by atoms with Crippen molar-refractivity contribution in [2.24, 2.45) is 0 Å². The van der Waals surface area contributed by atoms with Crippen LogP contribution in [0.25, 0.3) is 0 Å². The van der Waals surface area contributed by atoms with Crippen molar-refractivity contribution in [1.29, 1.82) is 0 Å². The summed E-state index contributed by atoms with van der Waals surface area (Å²) in [4.78, 5) is 10.8. The van der Waals surface area contributed by atoms with Gasteiger partial charge in [0.1, 0.15) is 0 Å². The molecular weight excluding hydrogens is 187 g/mol. The van der Waals surface area contributed by atoms with Gasteiger partial charge in [-0.1, -0.05) is 6.07 Å². The molecule has 0 aliphatic heterocycles. The highest BCUT2D eigenvalue weighted by Crippen LogP contribution is 2.15. The minimum absolute atomic E-state index is 0.219. The van der Waals surface area contributed by atoms with Crippen LogP contribution in [0.2, 0.25) is 0 Å². The Morgan fingerprint density at radius 2 is 2.29 bits per heavy atom. The van der Waals surface area contributed by atoms with E-state index in [4.69, 9.17) is 5.11 Å². The van der Waals surface area contributed by atoms with Crippen LogP contribution in [0.4, 0.5) is 9.18 Å². The van der Waals surface area contributed by atoms with E-state index in [1.807, 2.05) is 0 Å². The van der Waals surface area contributed by atoms with Crippen molar-refractivity contribution in [2.45, 2.75) is 6.54 Å². The van der Waals surface area contributed by atoms with Crippen molar-refractivity contribution in [3.8, 4) is 5.75 Å². The van der Waals surface area contributed by atoms with Crippen LogP contribution in [-0.4, -0.2) is 18.2 Å². The molecular formula is C9H11FN2O2. The summed E-state index contributed by atoms with van der Waals surface area (Å²) in [6.45, 7) is 0.219. The summed E-state index contributed by atoms with van der Waals surface area (Å²) in [6.07, 6.45) is 0. The lowest BCUT2D eigenvalue weighted by molar-refractivity contribution is 0.242. The van der Waals surface area contributed by atoms with Gasteiger partial charge < -0.3 is 15.7 Å². The Bertz CT molecular complexity index is 342. The van der Waals surface area contributed by atoms with E-state index in [0.717, 1.165) is 0 Å². The molecule has 5 heteroatoms. The van der Waals surface area contributed by atoms with Crippen LogP contribution in [0.15, 0.2) is 18.2 Å². The Kier molecular flexibility index (Phi) is 3.28. The lowest BCUT2D eigenvalue weighted by Gasteiger charge is -2.04. The Labute approximate surface area is 80.7 Å². The van der Waals surface area contributed by atoms with E-state index in [9.17, 15) is 9.18 Å². The zero-order valence-electron chi connectivity index (χ0n) is 7.67. The molecule has 2 amide bonds. The van der Waals surface area contributed by atoms with E-state index in [2.05, 4.69) is 10.6 Å². The second-order valence-corrected chi connectivity index (χ2v) is 2.72. The molecule has 0 unspecified atom stereocenters. The first-order valence-electron chi connectivity index (χ1n) is 4.06. The quantitative estimate of drug-likeness (QED) is 0.662. The number of carbonyl (C=O) groups excluding carboxylic acids is 1. The van der Waals surface area contributed by atoms with E-state index in [1.54, 1.807) is 0 Å². The SMILES string of the molecule is CNC(=O)NCc1ccc(O)c(F)c1. The van der Waals surface area contributed by atoms with Crippen molar-refractivity contribution < 1.29 is 14.3 Å². The molecule has 0 fully saturated rings. The summed E-state index contributed by atoms with van der Waals surface area (Å²) < 4.78 is 12.8. The third-order valence-electron chi connectivity index (χ3n) is 1.69. The number of halogens is 1. The van der Waals surface area contributed by atoms with Crippen LogP contribution in [-0.2, 0) is 6.54 Å². The van der Waals surface area contributed by atoms with Gasteiger partial charge in [-0.3, -0.25) is 0 Å². The topological polar surface area (TPSA) is 61.4 Å². The minimum Gasteiger partial charge on any atom is -0.505 e. The van der Waals surface area contributed by atoms with Crippen LogP contribution in [0.5, 0.6) is 5.75 Å². The van der Waals surface area contributed by atoms with Gasteiger partial charge in [-0.2, -0.15) is 0 Å². The van der Waals surface area contributed by atoms with Crippen LogP contribution >= 0.6 is 0 Å². The van der Waals surface area contributed by atoms with E-state index in [1.165, 1.54) is 25.2 Å². The van der Waals surface area contributed by atoms with Gasteiger partial charge >= 0.3 is 6.03 Å². The van der Waals surface area contributed by atoms with Gasteiger partial charge in [-0.05, 0) is 17.7 Å².